The fourth-order valence-corrected chi connectivity index (χ4v) is 0.966. The van der Waals surface area contributed by atoms with Gasteiger partial charge in [0.05, 0.1) is 24.5 Å². The fourth-order valence-electron chi connectivity index (χ4n) is 0.966. The number of nitrogens with one attached hydrogen (secondary N) is 1. The van der Waals surface area contributed by atoms with Crippen molar-refractivity contribution < 1.29 is 14.3 Å². The Balaban J connectivity index is 2.43. The van der Waals surface area contributed by atoms with Crippen molar-refractivity contribution in [2.24, 2.45) is 0 Å². The van der Waals surface area contributed by atoms with Crippen LogP contribution in [0.25, 0.3) is 0 Å². The molecule has 0 radical (unpaired) electrons. The molecule has 0 unspecified atom stereocenters. The van der Waals surface area contributed by atoms with Crippen LogP contribution >= 0.6 is 0 Å². The van der Waals surface area contributed by atoms with Gasteiger partial charge in [-0.2, -0.15) is 10.2 Å². The highest BCUT2D eigenvalue weighted by Crippen LogP contribution is 1.94. The maximum absolute atomic E-state index is 11.5. The van der Waals surface area contributed by atoms with E-state index in [-0.39, 0.29) is 12.5 Å². The van der Waals surface area contributed by atoms with E-state index in [1.165, 1.54) is 26.6 Å². The molecule has 0 atom stereocenters. The van der Waals surface area contributed by atoms with E-state index in [1.807, 2.05) is 0 Å². The molecule has 1 N–H and O–H groups in total. The molecule has 0 aliphatic heterocycles. The second kappa shape index (κ2) is 6.05. The summed E-state index contributed by atoms with van der Waals surface area (Å²) in [6.45, 7) is 0.286. The molecule has 0 aliphatic rings. The van der Waals surface area contributed by atoms with Crippen LogP contribution < -0.4 is 5.32 Å². The molecule has 6 heteroatoms. The Morgan fingerprint density at radius 3 is 2.73 bits per heavy atom. The SMILES string of the molecule is COC(CNC(=O)c1ccnnc1)OC. The molecule has 0 fully saturated rings. The van der Waals surface area contributed by atoms with Crippen molar-refractivity contribution in [2.45, 2.75) is 6.29 Å². The van der Waals surface area contributed by atoms with Crippen LogP contribution in [0.1, 0.15) is 10.4 Å². The average molecular weight is 211 g/mol. The Bertz CT molecular complexity index is 301. The van der Waals surface area contributed by atoms with Crippen molar-refractivity contribution in [1.29, 1.82) is 0 Å². The van der Waals surface area contributed by atoms with Crippen LogP contribution in [0.5, 0.6) is 0 Å². The molecular formula is C9H13N3O3. The third-order valence-corrected chi connectivity index (χ3v) is 1.80. The summed E-state index contributed by atoms with van der Waals surface area (Å²) in [5.41, 5.74) is 0.455. The summed E-state index contributed by atoms with van der Waals surface area (Å²) in [6, 6.07) is 1.58. The zero-order valence-electron chi connectivity index (χ0n) is 8.64. The van der Waals surface area contributed by atoms with Gasteiger partial charge in [-0.15, -0.1) is 0 Å². The number of rotatable bonds is 5. The Morgan fingerprint density at radius 1 is 1.47 bits per heavy atom. The van der Waals surface area contributed by atoms with Crippen LogP contribution in [0.2, 0.25) is 0 Å². The number of nitrogens with zero attached hydrogens (tertiary/aromatic N) is 2. The molecule has 1 aromatic heterocycles. The second-order valence-electron chi connectivity index (χ2n) is 2.74. The maximum Gasteiger partial charge on any atom is 0.253 e. The van der Waals surface area contributed by atoms with Gasteiger partial charge in [0.1, 0.15) is 0 Å². The topological polar surface area (TPSA) is 73.3 Å². The first-order valence-corrected chi connectivity index (χ1v) is 4.38. The molecule has 82 valence electrons. The highest BCUT2D eigenvalue weighted by atomic mass is 16.7. The molecule has 0 aromatic carbocycles. The molecule has 1 amide bonds. The molecule has 1 heterocycles. The maximum atomic E-state index is 11.5. The third kappa shape index (κ3) is 3.61. The van der Waals surface area contributed by atoms with E-state index in [4.69, 9.17) is 9.47 Å². The van der Waals surface area contributed by atoms with E-state index in [0.29, 0.717) is 5.56 Å². The standard InChI is InChI=1S/C9H13N3O3/c1-14-8(15-2)6-10-9(13)7-3-4-11-12-5-7/h3-5,8H,6H2,1-2H3,(H,10,13). The summed E-state index contributed by atoms with van der Waals surface area (Å²) in [5.74, 6) is -0.232. The Kier molecular flexibility index (Phi) is 4.65. The summed E-state index contributed by atoms with van der Waals surface area (Å²) < 4.78 is 9.84. The zero-order chi connectivity index (χ0) is 11.1. The first-order valence-electron chi connectivity index (χ1n) is 4.38. The number of aromatic nitrogens is 2. The molecule has 1 rings (SSSR count). The average Bonchev–Trinajstić information content (AvgIpc) is 2.31. The van der Waals surface area contributed by atoms with Gasteiger partial charge in [-0.1, -0.05) is 0 Å². The number of methoxy groups -OCH3 is 2. The van der Waals surface area contributed by atoms with Crippen molar-refractivity contribution in [3.8, 4) is 0 Å². The minimum Gasteiger partial charge on any atom is -0.354 e. The van der Waals surface area contributed by atoms with Crippen LogP contribution in [0.4, 0.5) is 0 Å². The minimum absolute atomic E-state index is 0.232. The molecule has 0 saturated carbocycles. The molecule has 0 saturated heterocycles. The molecule has 15 heavy (non-hydrogen) atoms. The lowest BCUT2D eigenvalue weighted by atomic mass is 10.3. The number of ether oxygens (including phenoxy) is 2. The lowest BCUT2D eigenvalue weighted by Gasteiger charge is -2.13. The van der Waals surface area contributed by atoms with Gasteiger partial charge in [-0.3, -0.25) is 4.79 Å². The molecule has 0 spiro atoms. The van der Waals surface area contributed by atoms with Crippen molar-refractivity contribution in [3.63, 3.8) is 0 Å². The number of amides is 1. The number of carbonyl (C=O) groups is 1. The number of hydrogen-bond acceptors (Lipinski definition) is 5. The fraction of sp³-hybridized carbons (Fsp3) is 0.444. The quantitative estimate of drug-likeness (QED) is 0.684. The largest absolute Gasteiger partial charge is 0.354 e. The van der Waals surface area contributed by atoms with Crippen LogP contribution in [0, 0.1) is 0 Å². The monoisotopic (exact) mass is 211 g/mol. The normalized spacial score (nSPS) is 10.3. The lowest BCUT2D eigenvalue weighted by Crippen LogP contribution is -2.34. The number of carbonyl (C=O) groups excluding carboxylic acids is 1. The van der Waals surface area contributed by atoms with Crippen LogP contribution in [-0.2, 0) is 9.47 Å². The van der Waals surface area contributed by atoms with Crippen molar-refractivity contribution >= 4 is 5.91 Å². The van der Waals surface area contributed by atoms with Gasteiger partial charge in [0.2, 0.25) is 0 Å². The van der Waals surface area contributed by atoms with E-state index >= 15 is 0 Å². The van der Waals surface area contributed by atoms with E-state index < -0.39 is 6.29 Å². The number of hydrogen-bond donors (Lipinski definition) is 1. The van der Waals surface area contributed by atoms with Gasteiger partial charge >= 0.3 is 0 Å². The van der Waals surface area contributed by atoms with Gasteiger partial charge in [-0.25, -0.2) is 0 Å². The zero-order valence-corrected chi connectivity index (χ0v) is 8.64. The Labute approximate surface area is 87.6 Å². The summed E-state index contributed by atoms with van der Waals surface area (Å²) in [4.78, 5) is 11.5. The second-order valence-corrected chi connectivity index (χ2v) is 2.74. The third-order valence-electron chi connectivity index (χ3n) is 1.80. The first-order chi connectivity index (χ1) is 7.27. The van der Waals surface area contributed by atoms with E-state index in [0.717, 1.165) is 0 Å². The molecular weight excluding hydrogens is 198 g/mol. The van der Waals surface area contributed by atoms with Gasteiger partial charge in [0.25, 0.3) is 5.91 Å². The highest BCUT2D eigenvalue weighted by molar-refractivity contribution is 5.93. The summed E-state index contributed by atoms with van der Waals surface area (Å²) >= 11 is 0. The van der Waals surface area contributed by atoms with Gasteiger partial charge < -0.3 is 14.8 Å². The van der Waals surface area contributed by atoms with Crippen LogP contribution in [-0.4, -0.2) is 43.2 Å². The van der Waals surface area contributed by atoms with Crippen molar-refractivity contribution in [2.75, 3.05) is 20.8 Å². The predicted molar refractivity (Wildman–Crippen MR) is 52.2 cm³/mol. The molecule has 6 nitrogen and oxygen atoms in total. The van der Waals surface area contributed by atoms with Crippen LogP contribution in [0.3, 0.4) is 0 Å². The van der Waals surface area contributed by atoms with E-state index in [1.54, 1.807) is 6.07 Å². The van der Waals surface area contributed by atoms with Crippen LogP contribution in [0.15, 0.2) is 18.5 Å². The molecule has 0 aliphatic carbocycles. The van der Waals surface area contributed by atoms with E-state index in [9.17, 15) is 4.79 Å². The van der Waals surface area contributed by atoms with Crippen molar-refractivity contribution in [3.05, 3.63) is 24.0 Å². The summed E-state index contributed by atoms with van der Waals surface area (Å²) in [7, 11) is 3.02. The van der Waals surface area contributed by atoms with Gasteiger partial charge in [0, 0.05) is 14.2 Å². The van der Waals surface area contributed by atoms with Crippen molar-refractivity contribution in [1.82, 2.24) is 15.5 Å². The summed E-state index contributed by atoms with van der Waals surface area (Å²) in [5, 5.41) is 9.82. The smallest absolute Gasteiger partial charge is 0.253 e. The predicted octanol–water partition coefficient (Wildman–Crippen LogP) is -0.175. The Hall–Kier alpha value is -1.53. The minimum atomic E-state index is -0.441. The molecule has 1 aromatic rings. The first kappa shape index (κ1) is 11.5. The summed E-state index contributed by atoms with van der Waals surface area (Å²) in [6.07, 6.45) is 2.41. The van der Waals surface area contributed by atoms with Gasteiger partial charge in [-0.05, 0) is 6.07 Å². The van der Waals surface area contributed by atoms with E-state index in [2.05, 4.69) is 15.5 Å². The lowest BCUT2D eigenvalue weighted by molar-refractivity contribution is -0.0974. The molecule has 0 bridgehead atoms. The van der Waals surface area contributed by atoms with Gasteiger partial charge in [0.15, 0.2) is 6.29 Å². The highest BCUT2D eigenvalue weighted by Gasteiger charge is 2.09. The Morgan fingerprint density at radius 2 is 2.20 bits per heavy atom.